The highest BCUT2D eigenvalue weighted by molar-refractivity contribution is 6.30. The molecule has 1 atom stereocenters. The summed E-state index contributed by atoms with van der Waals surface area (Å²) in [7, 11) is 0. The largest absolute Gasteiger partial charge is 0.311 e. The van der Waals surface area contributed by atoms with Crippen molar-refractivity contribution in [2.75, 3.05) is 5.32 Å². The van der Waals surface area contributed by atoms with Gasteiger partial charge in [-0.3, -0.25) is 9.89 Å². The Hall–Kier alpha value is -2.60. The number of aromatic nitrogens is 4. The van der Waals surface area contributed by atoms with Gasteiger partial charge < -0.3 is 5.32 Å². The standard InChI is InChI=1S/C18H18ClN5O/c1-10(2)24-18-15(9-21-24)13(7-16(25)22-18)14-8-20-23-17(14)11-3-5-12(19)6-4-11/h3-6,8-10,13H,7H2,1-2H3,(H,20,23)(H,22,25). The molecule has 1 unspecified atom stereocenters. The van der Waals surface area contributed by atoms with Gasteiger partial charge in [0.25, 0.3) is 0 Å². The Bertz CT molecular complexity index is 925. The normalized spacial score (nSPS) is 16.8. The van der Waals surface area contributed by atoms with Crippen molar-refractivity contribution >= 4 is 23.3 Å². The fourth-order valence-corrected chi connectivity index (χ4v) is 3.44. The van der Waals surface area contributed by atoms with E-state index in [0.29, 0.717) is 11.4 Å². The van der Waals surface area contributed by atoms with Crippen molar-refractivity contribution in [3.63, 3.8) is 0 Å². The van der Waals surface area contributed by atoms with Crippen LogP contribution in [-0.4, -0.2) is 25.9 Å². The number of carbonyl (C=O) groups excluding carboxylic acids is 1. The van der Waals surface area contributed by atoms with Crippen LogP contribution >= 0.6 is 11.6 Å². The van der Waals surface area contributed by atoms with Crippen molar-refractivity contribution in [1.29, 1.82) is 0 Å². The van der Waals surface area contributed by atoms with E-state index < -0.39 is 0 Å². The number of benzene rings is 1. The molecule has 0 fully saturated rings. The molecule has 7 heteroatoms. The molecule has 0 radical (unpaired) electrons. The van der Waals surface area contributed by atoms with Gasteiger partial charge in [-0.05, 0) is 31.5 Å². The zero-order valence-corrected chi connectivity index (χ0v) is 14.7. The van der Waals surface area contributed by atoms with Crippen LogP contribution in [0.1, 0.15) is 43.4 Å². The Labute approximate surface area is 150 Å². The number of nitrogens with one attached hydrogen (secondary N) is 2. The Balaban J connectivity index is 1.81. The van der Waals surface area contributed by atoms with E-state index in [0.717, 1.165) is 28.2 Å². The summed E-state index contributed by atoms with van der Waals surface area (Å²) in [6.45, 7) is 4.08. The second-order valence-corrected chi connectivity index (χ2v) is 6.94. The highest BCUT2D eigenvalue weighted by Crippen LogP contribution is 2.41. The Kier molecular flexibility index (Phi) is 3.84. The number of hydrogen-bond donors (Lipinski definition) is 2. The summed E-state index contributed by atoms with van der Waals surface area (Å²) in [6.07, 6.45) is 4.01. The number of halogens is 1. The predicted molar refractivity (Wildman–Crippen MR) is 96.7 cm³/mol. The molecule has 3 aromatic rings. The third-order valence-corrected chi connectivity index (χ3v) is 4.76. The molecule has 1 amide bonds. The number of anilines is 1. The van der Waals surface area contributed by atoms with Crippen LogP contribution in [0.2, 0.25) is 5.02 Å². The molecule has 25 heavy (non-hydrogen) atoms. The molecule has 2 aromatic heterocycles. The van der Waals surface area contributed by atoms with E-state index in [1.54, 1.807) is 6.20 Å². The van der Waals surface area contributed by atoms with Gasteiger partial charge in [-0.1, -0.05) is 23.7 Å². The zero-order chi connectivity index (χ0) is 17.6. The average molecular weight is 356 g/mol. The lowest BCUT2D eigenvalue weighted by atomic mass is 9.86. The van der Waals surface area contributed by atoms with E-state index in [1.807, 2.05) is 49.0 Å². The zero-order valence-electron chi connectivity index (χ0n) is 14.0. The number of amides is 1. The van der Waals surface area contributed by atoms with Gasteiger partial charge in [-0.2, -0.15) is 10.2 Å². The maximum absolute atomic E-state index is 12.3. The molecule has 0 aliphatic carbocycles. The minimum atomic E-state index is -0.0827. The third-order valence-electron chi connectivity index (χ3n) is 4.51. The number of carbonyl (C=O) groups is 1. The molecule has 0 saturated heterocycles. The molecule has 0 bridgehead atoms. The maximum Gasteiger partial charge on any atom is 0.226 e. The molecular formula is C18H18ClN5O. The monoisotopic (exact) mass is 355 g/mol. The van der Waals surface area contributed by atoms with Gasteiger partial charge in [-0.15, -0.1) is 0 Å². The number of H-pyrrole nitrogens is 1. The van der Waals surface area contributed by atoms with Crippen LogP contribution in [0.3, 0.4) is 0 Å². The van der Waals surface area contributed by atoms with E-state index >= 15 is 0 Å². The van der Waals surface area contributed by atoms with E-state index in [1.165, 1.54) is 0 Å². The predicted octanol–water partition coefficient (Wildman–Crippen LogP) is 3.98. The van der Waals surface area contributed by atoms with Gasteiger partial charge in [0.05, 0.1) is 18.1 Å². The van der Waals surface area contributed by atoms with Crippen molar-refractivity contribution in [3.05, 3.63) is 52.8 Å². The van der Waals surface area contributed by atoms with Gasteiger partial charge in [0.1, 0.15) is 5.82 Å². The SMILES string of the molecule is CC(C)n1ncc2c1NC(=O)CC2c1cn[nH]c1-c1ccc(Cl)cc1. The number of aromatic amines is 1. The minimum absolute atomic E-state index is 0.0110. The van der Waals surface area contributed by atoms with Crippen LogP contribution < -0.4 is 5.32 Å². The van der Waals surface area contributed by atoms with Crippen molar-refractivity contribution in [3.8, 4) is 11.3 Å². The molecular weight excluding hydrogens is 338 g/mol. The second-order valence-electron chi connectivity index (χ2n) is 6.50. The molecule has 2 N–H and O–H groups in total. The smallest absolute Gasteiger partial charge is 0.226 e. The molecule has 0 spiro atoms. The van der Waals surface area contributed by atoms with Crippen molar-refractivity contribution in [2.45, 2.75) is 32.2 Å². The Morgan fingerprint density at radius 1 is 1.20 bits per heavy atom. The molecule has 0 saturated carbocycles. The van der Waals surface area contributed by atoms with E-state index in [9.17, 15) is 4.79 Å². The van der Waals surface area contributed by atoms with Crippen molar-refractivity contribution in [1.82, 2.24) is 20.0 Å². The number of rotatable bonds is 3. The average Bonchev–Trinajstić information content (AvgIpc) is 3.21. The van der Waals surface area contributed by atoms with Crippen LogP contribution in [0.5, 0.6) is 0 Å². The van der Waals surface area contributed by atoms with Crippen LogP contribution in [0, 0.1) is 0 Å². The first-order valence-corrected chi connectivity index (χ1v) is 8.59. The number of hydrogen-bond acceptors (Lipinski definition) is 3. The molecule has 4 rings (SSSR count). The fraction of sp³-hybridized carbons (Fsp3) is 0.278. The summed E-state index contributed by atoms with van der Waals surface area (Å²) in [5.74, 6) is 0.684. The fourth-order valence-electron chi connectivity index (χ4n) is 3.31. The third kappa shape index (κ3) is 2.72. The summed E-state index contributed by atoms with van der Waals surface area (Å²) in [4.78, 5) is 12.3. The lowest BCUT2D eigenvalue weighted by Crippen LogP contribution is -2.25. The summed E-state index contributed by atoms with van der Waals surface area (Å²) in [6, 6.07) is 7.75. The van der Waals surface area contributed by atoms with Gasteiger partial charge in [0, 0.05) is 34.5 Å². The van der Waals surface area contributed by atoms with E-state index in [2.05, 4.69) is 20.6 Å². The highest BCUT2D eigenvalue weighted by Gasteiger charge is 2.32. The van der Waals surface area contributed by atoms with Gasteiger partial charge in [0.2, 0.25) is 5.91 Å². The highest BCUT2D eigenvalue weighted by atomic mass is 35.5. The molecule has 1 aliphatic rings. The molecule has 3 heterocycles. The molecule has 1 aliphatic heterocycles. The van der Waals surface area contributed by atoms with E-state index in [-0.39, 0.29) is 17.9 Å². The van der Waals surface area contributed by atoms with Gasteiger partial charge in [-0.25, -0.2) is 4.68 Å². The van der Waals surface area contributed by atoms with Crippen molar-refractivity contribution < 1.29 is 4.79 Å². The lowest BCUT2D eigenvalue weighted by Gasteiger charge is -2.24. The summed E-state index contributed by atoms with van der Waals surface area (Å²) < 4.78 is 1.85. The Morgan fingerprint density at radius 2 is 1.96 bits per heavy atom. The van der Waals surface area contributed by atoms with Crippen molar-refractivity contribution in [2.24, 2.45) is 0 Å². The van der Waals surface area contributed by atoms with Gasteiger partial charge in [0.15, 0.2) is 0 Å². The molecule has 6 nitrogen and oxygen atoms in total. The van der Waals surface area contributed by atoms with Crippen LogP contribution in [0.4, 0.5) is 5.82 Å². The van der Waals surface area contributed by atoms with E-state index in [4.69, 9.17) is 11.6 Å². The van der Waals surface area contributed by atoms with Crippen LogP contribution in [0.15, 0.2) is 36.7 Å². The molecule has 1 aromatic carbocycles. The van der Waals surface area contributed by atoms with Crippen LogP contribution in [0.25, 0.3) is 11.3 Å². The first kappa shape index (κ1) is 15.9. The Morgan fingerprint density at radius 3 is 2.68 bits per heavy atom. The quantitative estimate of drug-likeness (QED) is 0.746. The molecule has 128 valence electrons. The minimum Gasteiger partial charge on any atom is -0.311 e. The summed E-state index contributed by atoms with van der Waals surface area (Å²) >= 11 is 5.99. The number of fused-ring (bicyclic) bond motifs is 1. The van der Waals surface area contributed by atoms with Gasteiger partial charge >= 0.3 is 0 Å². The first-order chi connectivity index (χ1) is 12.0. The second kappa shape index (κ2) is 6.04. The van der Waals surface area contributed by atoms with Crippen LogP contribution in [-0.2, 0) is 4.79 Å². The first-order valence-electron chi connectivity index (χ1n) is 8.21. The number of nitrogens with zero attached hydrogens (tertiary/aromatic N) is 3. The topological polar surface area (TPSA) is 75.6 Å². The summed E-state index contributed by atoms with van der Waals surface area (Å²) in [5.41, 5.74) is 3.90. The lowest BCUT2D eigenvalue weighted by molar-refractivity contribution is -0.116. The summed E-state index contributed by atoms with van der Waals surface area (Å²) in [5, 5.41) is 15.4. The maximum atomic E-state index is 12.3.